The Balaban J connectivity index is 0.00000243. The predicted octanol–water partition coefficient (Wildman–Crippen LogP) is 4.50. The van der Waals surface area contributed by atoms with Crippen molar-refractivity contribution in [3.63, 3.8) is 0 Å². The Labute approximate surface area is 159 Å². The van der Waals surface area contributed by atoms with E-state index in [1.807, 2.05) is 48.5 Å². The fourth-order valence-electron chi connectivity index (χ4n) is 2.88. The van der Waals surface area contributed by atoms with E-state index in [2.05, 4.69) is 15.3 Å². The highest BCUT2D eigenvalue weighted by atomic mass is 35.5. The predicted molar refractivity (Wildman–Crippen MR) is 110 cm³/mol. The second kappa shape index (κ2) is 9.94. The highest BCUT2D eigenvalue weighted by Crippen LogP contribution is 2.27. The molecule has 1 amide bonds. The van der Waals surface area contributed by atoms with E-state index < -0.39 is 0 Å². The molecule has 6 heteroatoms. The third-order valence-corrected chi connectivity index (χ3v) is 4.20. The van der Waals surface area contributed by atoms with Gasteiger partial charge in [-0.25, -0.2) is 4.98 Å². The van der Waals surface area contributed by atoms with Crippen molar-refractivity contribution in [2.24, 2.45) is 5.73 Å². The molecule has 0 radical (unpaired) electrons. The maximum Gasteiger partial charge on any atom is 0.224 e. The van der Waals surface area contributed by atoms with Crippen molar-refractivity contribution in [2.45, 2.75) is 32.1 Å². The van der Waals surface area contributed by atoms with Gasteiger partial charge in [0.15, 0.2) is 0 Å². The molecule has 0 atom stereocenters. The summed E-state index contributed by atoms with van der Waals surface area (Å²) in [4.78, 5) is 20.2. The Morgan fingerprint density at radius 1 is 1.00 bits per heavy atom. The molecular formula is C20H25ClN4O. The lowest BCUT2D eigenvalue weighted by Gasteiger charge is -2.09. The molecule has 0 bridgehead atoms. The van der Waals surface area contributed by atoms with E-state index in [1.165, 1.54) is 0 Å². The van der Waals surface area contributed by atoms with Gasteiger partial charge >= 0.3 is 0 Å². The van der Waals surface area contributed by atoms with Gasteiger partial charge in [0.05, 0.1) is 16.7 Å². The van der Waals surface area contributed by atoms with Gasteiger partial charge in [-0.1, -0.05) is 37.1 Å². The molecule has 0 fully saturated rings. The first-order valence-corrected chi connectivity index (χ1v) is 8.82. The molecule has 0 aliphatic heterocycles. The van der Waals surface area contributed by atoms with Crippen molar-refractivity contribution in [1.82, 2.24) is 9.97 Å². The summed E-state index contributed by atoms with van der Waals surface area (Å²) in [5, 5.41) is 3.02. The fraction of sp³-hybridized carbons (Fsp3) is 0.300. The van der Waals surface area contributed by atoms with Crippen molar-refractivity contribution in [1.29, 1.82) is 0 Å². The van der Waals surface area contributed by atoms with E-state index in [1.54, 1.807) is 0 Å². The number of amides is 1. The number of aromatic nitrogens is 2. The van der Waals surface area contributed by atoms with Gasteiger partial charge in [0.2, 0.25) is 5.91 Å². The maximum atomic E-state index is 12.2. The summed E-state index contributed by atoms with van der Waals surface area (Å²) in [5.41, 5.74) is 9.07. The molecule has 4 N–H and O–H groups in total. The number of hydrogen-bond donors (Lipinski definition) is 3. The van der Waals surface area contributed by atoms with Gasteiger partial charge in [0.1, 0.15) is 5.82 Å². The first kappa shape index (κ1) is 19.9. The molecule has 0 unspecified atom stereocenters. The molecular weight excluding hydrogens is 348 g/mol. The Morgan fingerprint density at radius 2 is 1.73 bits per heavy atom. The maximum absolute atomic E-state index is 12.2. The van der Waals surface area contributed by atoms with Crippen LogP contribution in [0.25, 0.3) is 22.4 Å². The number of carbonyl (C=O) groups excluding carboxylic acids is 1. The molecule has 0 aliphatic carbocycles. The number of unbranched alkanes of at least 4 members (excludes halogenated alkanes) is 3. The van der Waals surface area contributed by atoms with Crippen LogP contribution >= 0.6 is 12.4 Å². The first-order chi connectivity index (χ1) is 12.3. The van der Waals surface area contributed by atoms with Gasteiger partial charge in [-0.2, -0.15) is 0 Å². The monoisotopic (exact) mass is 372 g/mol. The van der Waals surface area contributed by atoms with Crippen molar-refractivity contribution in [3.05, 3.63) is 48.5 Å². The lowest BCUT2D eigenvalue weighted by atomic mass is 10.1. The number of benzene rings is 2. The van der Waals surface area contributed by atoms with Crippen LogP contribution < -0.4 is 11.1 Å². The summed E-state index contributed by atoms with van der Waals surface area (Å²) in [6.07, 6.45) is 4.56. The molecule has 1 heterocycles. The van der Waals surface area contributed by atoms with E-state index in [0.29, 0.717) is 6.42 Å². The third kappa shape index (κ3) is 5.07. The minimum absolute atomic E-state index is 0. The number of fused-ring (bicyclic) bond motifs is 1. The molecule has 0 aliphatic rings. The standard InChI is InChI=1S/C20H24N4O.ClH/c21-14-8-2-1-3-13-19(25)22-16-10-5-4-9-15(16)20-23-17-11-6-7-12-18(17)24-20;/h4-7,9-12H,1-3,8,13-14,21H2,(H,22,25)(H,23,24);1H. The Bertz CT molecular complexity index is 813. The van der Waals surface area contributed by atoms with E-state index in [0.717, 1.165) is 60.3 Å². The van der Waals surface area contributed by atoms with Crippen LogP contribution in [0.2, 0.25) is 0 Å². The molecule has 1 aromatic heterocycles. The largest absolute Gasteiger partial charge is 0.338 e. The van der Waals surface area contributed by atoms with E-state index in [-0.39, 0.29) is 18.3 Å². The number of rotatable bonds is 8. The van der Waals surface area contributed by atoms with E-state index in [4.69, 9.17) is 5.73 Å². The Hall–Kier alpha value is -2.37. The molecule has 0 saturated heterocycles. The van der Waals surface area contributed by atoms with Crippen LogP contribution in [0.15, 0.2) is 48.5 Å². The number of nitrogens with one attached hydrogen (secondary N) is 2. The van der Waals surface area contributed by atoms with Gasteiger partial charge in [-0.3, -0.25) is 4.79 Å². The van der Waals surface area contributed by atoms with Gasteiger partial charge in [0.25, 0.3) is 0 Å². The van der Waals surface area contributed by atoms with Crippen molar-refractivity contribution in [2.75, 3.05) is 11.9 Å². The summed E-state index contributed by atoms with van der Waals surface area (Å²) < 4.78 is 0. The zero-order chi connectivity index (χ0) is 17.5. The second-order valence-electron chi connectivity index (χ2n) is 6.15. The molecule has 26 heavy (non-hydrogen) atoms. The number of anilines is 1. The molecule has 0 spiro atoms. The topological polar surface area (TPSA) is 83.8 Å². The van der Waals surface area contributed by atoms with E-state index >= 15 is 0 Å². The van der Waals surface area contributed by atoms with Crippen LogP contribution in [0.4, 0.5) is 5.69 Å². The quantitative estimate of drug-likeness (QED) is 0.509. The second-order valence-corrected chi connectivity index (χ2v) is 6.15. The molecule has 2 aromatic carbocycles. The summed E-state index contributed by atoms with van der Waals surface area (Å²) in [6, 6.07) is 15.7. The van der Waals surface area contributed by atoms with Crippen LogP contribution in [-0.4, -0.2) is 22.4 Å². The average Bonchev–Trinajstić information content (AvgIpc) is 3.06. The lowest BCUT2D eigenvalue weighted by Crippen LogP contribution is -2.12. The smallest absolute Gasteiger partial charge is 0.224 e. The SMILES string of the molecule is Cl.NCCCCCCC(=O)Nc1ccccc1-c1nc2ccccc2[nH]1. The normalized spacial score (nSPS) is 10.5. The number of imidazole rings is 1. The summed E-state index contributed by atoms with van der Waals surface area (Å²) in [6.45, 7) is 0.719. The van der Waals surface area contributed by atoms with Crippen LogP contribution in [-0.2, 0) is 4.79 Å². The number of aromatic amines is 1. The average molecular weight is 373 g/mol. The summed E-state index contributed by atoms with van der Waals surface area (Å²) in [7, 11) is 0. The third-order valence-electron chi connectivity index (χ3n) is 4.20. The zero-order valence-corrected chi connectivity index (χ0v) is 15.5. The molecule has 138 valence electrons. The molecule has 3 rings (SSSR count). The van der Waals surface area contributed by atoms with Gasteiger partial charge in [-0.05, 0) is 43.7 Å². The van der Waals surface area contributed by atoms with Crippen molar-refractivity contribution >= 4 is 35.0 Å². The molecule has 0 saturated carbocycles. The summed E-state index contributed by atoms with van der Waals surface area (Å²) in [5.74, 6) is 0.802. The highest BCUT2D eigenvalue weighted by molar-refractivity contribution is 5.95. The Morgan fingerprint density at radius 3 is 2.54 bits per heavy atom. The molecule has 5 nitrogen and oxygen atoms in total. The van der Waals surface area contributed by atoms with E-state index in [9.17, 15) is 4.79 Å². The number of H-pyrrole nitrogens is 1. The minimum Gasteiger partial charge on any atom is -0.338 e. The highest BCUT2D eigenvalue weighted by Gasteiger charge is 2.11. The van der Waals surface area contributed by atoms with Crippen molar-refractivity contribution in [3.8, 4) is 11.4 Å². The van der Waals surface area contributed by atoms with Crippen LogP contribution in [0.3, 0.4) is 0 Å². The number of carbonyl (C=O) groups is 1. The van der Waals surface area contributed by atoms with Crippen LogP contribution in [0.5, 0.6) is 0 Å². The first-order valence-electron chi connectivity index (χ1n) is 8.82. The van der Waals surface area contributed by atoms with Crippen molar-refractivity contribution < 1.29 is 4.79 Å². The minimum atomic E-state index is 0. The van der Waals surface area contributed by atoms with Gasteiger partial charge < -0.3 is 16.0 Å². The van der Waals surface area contributed by atoms with Gasteiger partial charge in [0, 0.05) is 12.0 Å². The summed E-state index contributed by atoms with van der Waals surface area (Å²) >= 11 is 0. The van der Waals surface area contributed by atoms with Gasteiger partial charge in [-0.15, -0.1) is 12.4 Å². The van der Waals surface area contributed by atoms with Crippen LogP contribution in [0.1, 0.15) is 32.1 Å². The van der Waals surface area contributed by atoms with Crippen LogP contribution in [0, 0.1) is 0 Å². The number of nitrogens with two attached hydrogens (primary N) is 1. The number of halogens is 1. The molecule has 3 aromatic rings. The fourth-order valence-corrected chi connectivity index (χ4v) is 2.88. The lowest BCUT2D eigenvalue weighted by molar-refractivity contribution is -0.116. The Kier molecular flexibility index (Phi) is 7.63. The number of nitrogens with zero attached hydrogens (tertiary/aromatic N) is 1. The number of hydrogen-bond acceptors (Lipinski definition) is 3. The zero-order valence-electron chi connectivity index (χ0n) is 14.7. The number of para-hydroxylation sites is 3.